The number of nitrogens with zero attached hydrogens (tertiary/aromatic N) is 1. The van der Waals surface area contributed by atoms with E-state index in [1.807, 2.05) is 18.4 Å². The third-order valence-corrected chi connectivity index (χ3v) is 4.50. The minimum absolute atomic E-state index is 0.0852. The lowest BCUT2D eigenvalue weighted by Crippen LogP contribution is -2.44. The molecule has 1 aromatic carbocycles. The van der Waals surface area contributed by atoms with Crippen molar-refractivity contribution in [3.05, 3.63) is 29.3 Å². The van der Waals surface area contributed by atoms with Gasteiger partial charge in [0.05, 0.1) is 11.4 Å². The Kier molecular flexibility index (Phi) is 4.90. The number of carbonyl (C=O) groups is 1. The predicted octanol–water partition coefficient (Wildman–Crippen LogP) is 0.449. The summed E-state index contributed by atoms with van der Waals surface area (Å²) in [4.78, 5) is 11.4. The number of hydrogen-bond donors (Lipinski definition) is 2. The number of nitrogens with one attached hydrogen (secondary N) is 1. The summed E-state index contributed by atoms with van der Waals surface area (Å²) >= 11 is 0. The van der Waals surface area contributed by atoms with Crippen LogP contribution in [0.4, 0.5) is 5.69 Å². The van der Waals surface area contributed by atoms with E-state index in [0.29, 0.717) is 5.69 Å². The van der Waals surface area contributed by atoms with Crippen molar-refractivity contribution >= 4 is 21.6 Å². The molecule has 1 aromatic rings. The Labute approximate surface area is 113 Å². The Bertz CT molecular complexity index is 570. The van der Waals surface area contributed by atoms with Crippen LogP contribution in [0, 0.1) is 13.8 Å². The third kappa shape index (κ3) is 3.68. The van der Waals surface area contributed by atoms with Crippen molar-refractivity contribution in [2.45, 2.75) is 20.8 Å². The van der Waals surface area contributed by atoms with Crippen LogP contribution >= 0.6 is 0 Å². The molecular formula is C12H19N3O3S. The van der Waals surface area contributed by atoms with Gasteiger partial charge in [0.1, 0.15) is 6.54 Å². The maximum Gasteiger partial charge on any atom is 0.254 e. The quantitative estimate of drug-likeness (QED) is 0.467. The van der Waals surface area contributed by atoms with Crippen molar-refractivity contribution in [1.82, 2.24) is 5.43 Å². The van der Waals surface area contributed by atoms with Gasteiger partial charge in [0.25, 0.3) is 5.91 Å². The van der Waals surface area contributed by atoms with Gasteiger partial charge in [0.2, 0.25) is 10.0 Å². The number of aryl methyl sites for hydroxylation is 2. The van der Waals surface area contributed by atoms with Gasteiger partial charge in [0.15, 0.2) is 0 Å². The number of amides is 1. The first-order chi connectivity index (χ1) is 8.81. The second-order valence-electron chi connectivity index (χ2n) is 4.26. The average molecular weight is 285 g/mol. The number of carbonyl (C=O) groups excluding carboxylic acids is 1. The van der Waals surface area contributed by atoms with Crippen molar-refractivity contribution in [3.8, 4) is 0 Å². The molecule has 0 fully saturated rings. The minimum Gasteiger partial charge on any atom is -0.293 e. The molecule has 0 saturated carbocycles. The van der Waals surface area contributed by atoms with Crippen LogP contribution in [-0.2, 0) is 14.8 Å². The molecule has 1 amide bonds. The molecule has 7 heteroatoms. The van der Waals surface area contributed by atoms with Gasteiger partial charge in [-0.05, 0) is 32.4 Å². The average Bonchev–Trinajstić information content (AvgIpc) is 2.36. The molecule has 0 aliphatic heterocycles. The maximum absolute atomic E-state index is 12.1. The van der Waals surface area contributed by atoms with Gasteiger partial charge in [-0.25, -0.2) is 14.3 Å². The minimum atomic E-state index is -3.54. The third-order valence-electron chi connectivity index (χ3n) is 2.77. The Hall–Kier alpha value is -1.60. The lowest BCUT2D eigenvalue weighted by molar-refractivity contribution is -0.119. The van der Waals surface area contributed by atoms with Crippen molar-refractivity contribution in [2.24, 2.45) is 5.84 Å². The van der Waals surface area contributed by atoms with Crippen molar-refractivity contribution < 1.29 is 13.2 Å². The zero-order chi connectivity index (χ0) is 14.6. The monoisotopic (exact) mass is 285 g/mol. The van der Waals surface area contributed by atoms with Gasteiger partial charge in [-0.2, -0.15) is 0 Å². The van der Waals surface area contributed by atoms with Gasteiger partial charge >= 0.3 is 0 Å². The zero-order valence-corrected chi connectivity index (χ0v) is 12.1. The van der Waals surface area contributed by atoms with E-state index >= 15 is 0 Å². The largest absolute Gasteiger partial charge is 0.293 e. The number of hydrazine groups is 1. The van der Waals surface area contributed by atoms with E-state index < -0.39 is 15.9 Å². The fourth-order valence-electron chi connectivity index (χ4n) is 1.75. The first kappa shape index (κ1) is 15.5. The molecule has 0 spiro atoms. The first-order valence-electron chi connectivity index (χ1n) is 5.89. The zero-order valence-electron chi connectivity index (χ0n) is 11.3. The molecular weight excluding hydrogens is 266 g/mol. The molecule has 0 radical (unpaired) electrons. The normalized spacial score (nSPS) is 11.2. The molecule has 3 N–H and O–H groups in total. The molecule has 0 atom stereocenters. The van der Waals surface area contributed by atoms with Crippen LogP contribution in [0.1, 0.15) is 18.1 Å². The number of hydrogen-bond acceptors (Lipinski definition) is 4. The van der Waals surface area contributed by atoms with E-state index in [2.05, 4.69) is 0 Å². The summed E-state index contributed by atoms with van der Waals surface area (Å²) in [5.41, 5.74) is 4.26. The fourth-order valence-corrected chi connectivity index (χ4v) is 2.88. The first-order valence-corrected chi connectivity index (χ1v) is 7.50. The summed E-state index contributed by atoms with van der Waals surface area (Å²) in [6.45, 7) is 4.94. The van der Waals surface area contributed by atoms with Gasteiger partial charge in [-0.15, -0.1) is 0 Å². The maximum atomic E-state index is 12.1. The van der Waals surface area contributed by atoms with Crippen LogP contribution in [0.2, 0.25) is 0 Å². The van der Waals surface area contributed by atoms with E-state index in [1.165, 1.54) is 6.92 Å². The van der Waals surface area contributed by atoms with E-state index in [9.17, 15) is 13.2 Å². The van der Waals surface area contributed by atoms with E-state index in [4.69, 9.17) is 5.84 Å². The highest BCUT2D eigenvalue weighted by Crippen LogP contribution is 2.23. The van der Waals surface area contributed by atoms with Crippen molar-refractivity contribution in [3.63, 3.8) is 0 Å². The summed E-state index contributed by atoms with van der Waals surface area (Å²) in [6, 6.07) is 5.37. The summed E-state index contributed by atoms with van der Waals surface area (Å²) in [7, 11) is -3.54. The van der Waals surface area contributed by atoms with Crippen LogP contribution in [0.3, 0.4) is 0 Å². The molecule has 0 heterocycles. The van der Waals surface area contributed by atoms with E-state index in [-0.39, 0.29) is 12.3 Å². The second-order valence-corrected chi connectivity index (χ2v) is 6.45. The molecule has 0 aliphatic carbocycles. The highest BCUT2D eigenvalue weighted by Gasteiger charge is 2.24. The molecule has 0 saturated heterocycles. The van der Waals surface area contributed by atoms with Crippen LogP contribution in [-0.4, -0.2) is 26.6 Å². The summed E-state index contributed by atoms with van der Waals surface area (Å²) in [5, 5.41) is 0. The standard InChI is InChI=1S/C12H19N3O3S/c1-4-19(17,18)15(8-12(16)14-13)11-6-5-9(2)7-10(11)3/h5-7H,4,8,13H2,1-3H3,(H,14,16). The van der Waals surface area contributed by atoms with Crippen molar-refractivity contribution in [1.29, 1.82) is 0 Å². The Morgan fingerprint density at radius 1 is 1.37 bits per heavy atom. The van der Waals surface area contributed by atoms with E-state index in [1.54, 1.807) is 19.1 Å². The molecule has 106 valence electrons. The predicted molar refractivity (Wildman–Crippen MR) is 75.1 cm³/mol. The molecule has 0 unspecified atom stereocenters. The molecule has 0 aliphatic rings. The summed E-state index contributed by atoms with van der Waals surface area (Å²) in [6.07, 6.45) is 0. The molecule has 0 aromatic heterocycles. The molecule has 1 rings (SSSR count). The van der Waals surface area contributed by atoms with Gasteiger partial charge < -0.3 is 0 Å². The summed E-state index contributed by atoms with van der Waals surface area (Å²) < 4.78 is 25.3. The van der Waals surface area contributed by atoms with Crippen LogP contribution in [0.15, 0.2) is 18.2 Å². The number of sulfonamides is 1. The topological polar surface area (TPSA) is 92.5 Å². The van der Waals surface area contributed by atoms with Crippen LogP contribution in [0.5, 0.6) is 0 Å². The molecule has 0 bridgehead atoms. The molecule has 6 nitrogen and oxygen atoms in total. The van der Waals surface area contributed by atoms with Crippen molar-refractivity contribution in [2.75, 3.05) is 16.6 Å². The fraction of sp³-hybridized carbons (Fsp3) is 0.417. The second kappa shape index (κ2) is 6.03. The van der Waals surface area contributed by atoms with E-state index in [0.717, 1.165) is 15.4 Å². The number of nitrogens with two attached hydrogens (primary N) is 1. The van der Waals surface area contributed by atoms with Crippen LogP contribution < -0.4 is 15.6 Å². The lowest BCUT2D eigenvalue weighted by atomic mass is 10.1. The van der Waals surface area contributed by atoms with Gasteiger partial charge in [-0.3, -0.25) is 14.5 Å². The Balaban J connectivity index is 3.27. The molecule has 19 heavy (non-hydrogen) atoms. The number of rotatable bonds is 5. The van der Waals surface area contributed by atoms with Gasteiger partial charge in [0, 0.05) is 0 Å². The Morgan fingerprint density at radius 3 is 2.47 bits per heavy atom. The highest BCUT2D eigenvalue weighted by molar-refractivity contribution is 7.92. The SMILES string of the molecule is CCS(=O)(=O)N(CC(=O)NN)c1ccc(C)cc1C. The lowest BCUT2D eigenvalue weighted by Gasteiger charge is -2.24. The number of anilines is 1. The smallest absolute Gasteiger partial charge is 0.254 e. The summed E-state index contributed by atoms with van der Waals surface area (Å²) in [5.74, 6) is 4.38. The Morgan fingerprint density at radius 2 is 2.00 bits per heavy atom. The van der Waals surface area contributed by atoms with Crippen LogP contribution in [0.25, 0.3) is 0 Å². The highest BCUT2D eigenvalue weighted by atomic mass is 32.2. The van der Waals surface area contributed by atoms with Gasteiger partial charge in [-0.1, -0.05) is 17.7 Å². The number of benzene rings is 1.